The number of benzene rings is 1. The molecule has 0 amide bonds. The lowest BCUT2D eigenvalue weighted by molar-refractivity contribution is -0.137. The van der Waals surface area contributed by atoms with Gasteiger partial charge >= 0.3 is 6.18 Å². The van der Waals surface area contributed by atoms with Crippen LogP contribution in [0.2, 0.25) is 0 Å². The van der Waals surface area contributed by atoms with Crippen molar-refractivity contribution in [3.8, 4) is 0 Å². The van der Waals surface area contributed by atoms with Crippen molar-refractivity contribution < 1.29 is 18.0 Å². The van der Waals surface area contributed by atoms with Crippen LogP contribution >= 0.6 is 11.8 Å². The molecule has 0 radical (unpaired) electrons. The van der Waals surface area contributed by atoms with Gasteiger partial charge in [-0.3, -0.25) is 4.79 Å². The Bertz CT molecular complexity index is 424. The second-order valence-electron chi connectivity index (χ2n) is 4.02. The monoisotopic (exact) mass is 275 g/mol. The fourth-order valence-electron chi connectivity index (χ4n) is 1.76. The van der Waals surface area contributed by atoms with Crippen molar-refractivity contribution in [2.24, 2.45) is 0 Å². The molecule has 1 atom stereocenters. The van der Waals surface area contributed by atoms with Gasteiger partial charge in [0.25, 0.3) is 0 Å². The predicted octanol–water partition coefficient (Wildman–Crippen LogP) is 2.59. The third kappa shape index (κ3) is 3.05. The first-order valence-corrected chi connectivity index (χ1v) is 6.66. The van der Waals surface area contributed by atoms with Crippen LogP contribution in [0.25, 0.3) is 0 Å². The van der Waals surface area contributed by atoms with E-state index in [1.165, 1.54) is 12.1 Å². The van der Waals surface area contributed by atoms with Gasteiger partial charge in [0.05, 0.1) is 11.6 Å². The van der Waals surface area contributed by atoms with E-state index in [-0.39, 0.29) is 11.8 Å². The molecule has 6 heteroatoms. The van der Waals surface area contributed by atoms with Gasteiger partial charge in [0.1, 0.15) is 0 Å². The van der Waals surface area contributed by atoms with Gasteiger partial charge < -0.3 is 5.32 Å². The molecule has 0 aliphatic carbocycles. The molecule has 1 aromatic rings. The molecule has 1 unspecified atom stereocenters. The molecule has 1 heterocycles. The maximum absolute atomic E-state index is 12.4. The Morgan fingerprint density at radius 1 is 1.28 bits per heavy atom. The van der Waals surface area contributed by atoms with Gasteiger partial charge in [-0.05, 0) is 12.1 Å². The van der Waals surface area contributed by atoms with Crippen LogP contribution in [0.4, 0.5) is 13.2 Å². The van der Waals surface area contributed by atoms with Crippen LogP contribution in [-0.4, -0.2) is 29.9 Å². The fraction of sp³-hybridized carbons (Fsp3) is 0.417. The largest absolute Gasteiger partial charge is 0.416 e. The minimum Gasteiger partial charge on any atom is -0.306 e. The first-order valence-electron chi connectivity index (χ1n) is 5.51. The average molecular weight is 275 g/mol. The predicted molar refractivity (Wildman–Crippen MR) is 64.9 cm³/mol. The summed E-state index contributed by atoms with van der Waals surface area (Å²) < 4.78 is 37.1. The Morgan fingerprint density at radius 3 is 2.44 bits per heavy atom. The highest BCUT2D eigenvalue weighted by Crippen LogP contribution is 2.29. The van der Waals surface area contributed by atoms with E-state index in [0.29, 0.717) is 11.3 Å². The molecule has 1 N–H and O–H groups in total. The molecule has 1 aromatic carbocycles. The number of hydrogen-bond donors (Lipinski definition) is 1. The van der Waals surface area contributed by atoms with Crippen LogP contribution in [0.5, 0.6) is 0 Å². The number of carbonyl (C=O) groups excluding carboxylic acids is 1. The lowest BCUT2D eigenvalue weighted by Gasteiger charge is -2.22. The van der Waals surface area contributed by atoms with Crippen molar-refractivity contribution in [1.82, 2.24) is 5.32 Å². The van der Waals surface area contributed by atoms with E-state index in [9.17, 15) is 18.0 Å². The van der Waals surface area contributed by atoms with Gasteiger partial charge in [0.2, 0.25) is 0 Å². The number of Topliss-reactive ketones (excluding diaryl/α,β-unsaturated/α-hetero) is 1. The molecule has 1 aliphatic rings. The Morgan fingerprint density at radius 2 is 1.94 bits per heavy atom. The minimum atomic E-state index is -4.36. The molecule has 2 rings (SSSR count). The Balaban J connectivity index is 2.11. The maximum Gasteiger partial charge on any atom is 0.416 e. The molecule has 18 heavy (non-hydrogen) atoms. The molecule has 1 saturated heterocycles. The molecule has 1 fully saturated rings. The number of alkyl halides is 3. The van der Waals surface area contributed by atoms with Gasteiger partial charge in [0.15, 0.2) is 5.78 Å². The molecule has 0 saturated carbocycles. The van der Waals surface area contributed by atoms with Crippen LogP contribution < -0.4 is 5.32 Å². The van der Waals surface area contributed by atoms with Crippen LogP contribution in [0.3, 0.4) is 0 Å². The third-order valence-corrected chi connectivity index (χ3v) is 3.80. The molecule has 0 spiro atoms. The molecular formula is C12H12F3NOS. The van der Waals surface area contributed by atoms with Crippen molar-refractivity contribution in [3.05, 3.63) is 35.4 Å². The second kappa shape index (κ2) is 5.32. The number of halogens is 3. The van der Waals surface area contributed by atoms with Gasteiger partial charge in [-0.15, -0.1) is 0 Å². The summed E-state index contributed by atoms with van der Waals surface area (Å²) in [5.74, 6) is 1.48. The zero-order chi connectivity index (χ0) is 13.2. The number of carbonyl (C=O) groups is 1. The maximum atomic E-state index is 12.4. The molecule has 2 nitrogen and oxygen atoms in total. The average Bonchev–Trinajstić information content (AvgIpc) is 2.38. The van der Waals surface area contributed by atoms with E-state index >= 15 is 0 Å². The van der Waals surface area contributed by atoms with E-state index in [2.05, 4.69) is 5.32 Å². The zero-order valence-electron chi connectivity index (χ0n) is 9.46. The van der Waals surface area contributed by atoms with E-state index in [1.807, 2.05) is 0 Å². The molecule has 1 aliphatic heterocycles. The zero-order valence-corrected chi connectivity index (χ0v) is 10.3. The second-order valence-corrected chi connectivity index (χ2v) is 5.17. The van der Waals surface area contributed by atoms with E-state index in [1.54, 1.807) is 11.8 Å². The fourth-order valence-corrected chi connectivity index (χ4v) is 2.69. The summed E-state index contributed by atoms with van der Waals surface area (Å²) in [6.45, 7) is 0.752. The van der Waals surface area contributed by atoms with E-state index in [4.69, 9.17) is 0 Å². The highest BCUT2D eigenvalue weighted by molar-refractivity contribution is 7.99. The summed E-state index contributed by atoms with van der Waals surface area (Å²) in [5.41, 5.74) is -0.409. The Hall–Kier alpha value is -1.01. The highest BCUT2D eigenvalue weighted by Gasteiger charge is 2.30. The van der Waals surface area contributed by atoms with Crippen LogP contribution in [0.15, 0.2) is 24.3 Å². The number of nitrogens with one attached hydrogen (secondary N) is 1. The quantitative estimate of drug-likeness (QED) is 0.841. The van der Waals surface area contributed by atoms with Gasteiger partial charge in [0, 0.05) is 23.6 Å². The van der Waals surface area contributed by atoms with Gasteiger partial charge in [-0.25, -0.2) is 0 Å². The minimum absolute atomic E-state index is 0.143. The number of hydrogen-bond acceptors (Lipinski definition) is 3. The van der Waals surface area contributed by atoms with Crippen molar-refractivity contribution in [2.75, 3.05) is 18.1 Å². The SMILES string of the molecule is O=C(c1ccc(C(F)(F)F)cc1)C1CSCCN1. The first-order chi connectivity index (χ1) is 8.48. The van der Waals surface area contributed by atoms with Gasteiger partial charge in [-0.2, -0.15) is 24.9 Å². The van der Waals surface area contributed by atoms with Crippen molar-refractivity contribution in [3.63, 3.8) is 0 Å². The van der Waals surface area contributed by atoms with E-state index in [0.717, 1.165) is 24.4 Å². The summed E-state index contributed by atoms with van der Waals surface area (Å²) in [6.07, 6.45) is -4.36. The van der Waals surface area contributed by atoms with Crippen LogP contribution in [-0.2, 0) is 6.18 Å². The van der Waals surface area contributed by atoms with E-state index < -0.39 is 11.7 Å². The highest BCUT2D eigenvalue weighted by atomic mass is 32.2. The van der Waals surface area contributed by atoms with Gasteiger partial charge in [-0.1, -0.05) is 12.1 Å². The summed E-state index contributed by atoms with van der Waals surface area (Å²) in [4.78, 5) is 12.0. The summed E-state index contributed by atoms with van der Waals surface area (Å²) in [6, 6.07) is 4.09. The first kappa shape index (κ1) is 13.4. The van der Waals surface area contributed by atoms with Crippen molar-refractivity contribution >= 4 is 17.5 Å². The topological polar surface area (TPSA) is 29.1 Å². The van der Waals surface area contributed by atoms with Crippen LogP contribution in [0.1, 0.15) is 15.9 Å². The standard InChI is InChI=1S/C12H12F3NOS/c13-12(14,15)9-3-1-8(2-4-9)11(17)10-7-18-6-5-16-10/h1-4,10,16H,5-7H2. The summed E-state index contributed by atoms with van der Waals surface area (Å²) in [7, 11) is 0. The Labute approximate surface area is 107 Å². The normalized spacial score (nSPS) is 20.7. The molecule has 98 valence electrons. The molecule has 0 bridgehead atoms. The van der Waals surface area contributed by atoms with Crippen LogP contribution in [0, 0.1) is 0 Å². The van der Waals surface area contributed by atoms with Crippen molar-refractivity contribution in [2.45, 2.75) is 12.2 Å². The lowest BCUT2D eigenvalue weighted by Crippen LogP contribution is -2.43. The number of rotatable bonds is 2. The van der Waals surface area contributed by atoms with Crippen molar-refractivity contribution in [1.29, 1.82) is 0 Å². The smallest absolute Gasteiger partial charge is 0.306 e. The molecular weight excluding hydrogens is 263 g/mol. The number of thioether (sulfide) groups is 1. The third-order valence-electron chi connectivity index (χ3n) is 2.73. The summed E-state index contributed by atoms with van der Waals surface area (Å²) >= 11 is 1.67. The lowest BCUT2D eigenvalue weighted by atomic mass is 10.0. The Kier molecular flexibility index (Phi) is 3.97. The number of ketones is 1. The summed E-state index contributed by atoms with van der Waals surface area (Å²) in [5, 5.41) is 3.07. The molecule has 0 aromatic heterocycles.